The Morgan fingerprint density at radius 3 is 2.56 bits per heavy atom. The molecule has 0 aliphatic carbocycles. The first-order chi connectivity index (χ1) is 12.9. The van der Waals surface area contributed by atoms with Crippen LogP contribution in [0.5, 0.6) is 5.75 Å². The molecule has 0 aromatic heterocycles. The van der Waals surface area contributed by atoms with Crippen molar-refractivity contribution in [2.24, 2.45) is 10.4 Å². The van der Waals surface area contributed by atoms with Crippen LogP contribution in [0.1, 0.15) is 34.1 Å². The van der Waals surface area contributed by atoms with Crippen LogP contribution in [-0.2, 0) is 9.53 Å². The monoisotopic (exact) mass is 378 g/mol. The molecule has 0 fully saturated rings. The van der Waals surface area contributed by atoms with Gasteiger partial charge in [0.15, 0.2) is 5.96 Å². The SMILES string of the molecule is CCNC(=O)C(C)(C)CN=C(NCC)Nc1cccc(OCCCOC)c1. The number of nitrogens with one attached hydrogen (secondary N) is 3. The number of hydrogen-bond acceptors (Lipinski definition) is 4. The molecule has 7 heteroatoms. The fourth-order valence-corrected chi connectivity index (χ4v) is 2.25. The van der Waals surface area contributed by atoms with Gasteiger partial charge in [-0.1, -0.05) is 6.07 Å². The van der Waals surface area contributed by atoms with Crippen LogP contribution in [0.15, 0.2) is 29.3 Å². The molecule has 0 unspecified atom stereocenters. The van der Waals surface area contributed by atoms with E-state index in [1.807, 2.05) is 52.0 Å². The number of ether oxygens (including phenoxy) is 2. The molecular weight excluding hydrogens is 344 g/mol. The molecular formula is C20H34N4O3. The van der Waals surface area contributed by atoms with Gasteiger partial charge in [-0.25, -0.2) is 0 Å². The number of anilines is 1. The van der Waals surface area contributed by atoms with Crippen molar-refractivity contribution in [1.29, 1.82) is 0 Å². The van der Waals surface area contributed by atoms with E-state index >= 15 is 0 Å². The Morgan fingerprint density at radius 1 is 1.15 bits per heavy atom. The number of nitrogens with zero attached hydrogens (tertiary/aromatic N) is 1. The third-order valence-electron chi connectivity index (χ3n) is 3.79. The summed E-state index contributed by atoms with van der Waals surface area (Å²) in [7, 11) is 1.68. The minimum atomic E-state index is -0.579. The fraction of sp³-hybridized carbons (Fsp3) is 0.600. The quantitative estimate of drug-likeness (QED) is 0.313. The summed E-state index contributed by atoms with van der Waals surface area (Å²) in [5.74, 6) is 1.41. The predicted octanol–water partition coefficient (Wildman–Crippen LogP) is 2.64. The second-order valence-corrected chi connectivity index (χ2v) is 6.79. The molecule has 0 atom stereocenters. The van der Waals surface area contributed by atoms with Gasteiger partial charge in [-0.15, -0.1) is 0 Å². The summed E-state index contributed by atoms with van der Waals surface area (Å²) in [6.45, 7) is 10.7. The maximum absolute atomic E-state index is 12.1. The summed E-state index contributed by atoms with van der Waals surface area (Å²) in [5, 5.41) is 9.32. The molecule has 3 N–H and O–H groups in total. The van der Waals surface area contributed by atoms with Gasteiger partial charge in [0.1, 0.15) is 5.75 Å². The van der Waals surface area contributed by atoms with Gasteiger partial charge in [0, 0.05) is 45.0 Å². The van der Waals surface area contributed by atoms with Crippen molar-refractivity contribution in [3.05, 3.63) is 24.3 Å². The fourth-order valence-electron chi connectivity index (χ4n) is 2.25. The van der Waals surface area contributed by atoms with Crippen molar-refractivity contribution in [3.8, 4) is 5.75 Å². The number of guanidine groups is 1. The number of methoxy groups -OCH3 is 1. The highest BCUT2D eigenvalue weighted by molar-refractivity contribution is 5.94. The van der Waals surface area contributed by atoms with Gasteiger partial charge >= 0.3 is 0 Å². The van der Waals surface area contributed by atoms with Gasteiger partial charge in [0.25, 0.3) is 0 Å². The van der Waals surface area contributed by atoms with Crippen molar-refractivity contribution in [3.63, 3.8) is 0 Å². The van der Waals surface area contributed by atoms with Crippen molar-refractivity contribution < 1.29 is 14.3 Å². The molecule has 1 aromatic rings. The molecule has 1 aromatic carbocycles. The van der Waals surface area contributed by atoms with E-state index in [9.17, 15) is 4.79 Å². The minimum Gasteiger partial charge on any atom is -0.493 e. The van der Waals surface area contributed by atoms with E-state index in [1.54, 1.807) is 7.11 Å². The Kier molecular flexibility index (Phi) is 10.3. The van der Waals surface area contributed by atoms with E-state index in [2.05, 4.69) is 20.9 Å². The zero-order chi connectivity index (χ0) is 20.1. The molecule has 1 rings (SSSR count). The summed E-state index contributed by atoms with van der Waals surface area (Å²) in [5.41, 5.74) is 0.291. The van der Waals surface area contributed by atoms with Gasteiger partial charge in [-0.3, -0.25) is 9.79 Å². The number of hydrogen-bond donors (Lipinski definition) is 3. The van der Waals surface area contributed by atoms with Gasteiger partial charge in [0.05, 0.1) is 18.6 Å². The molecule has 0 bridgehead atoms. The highest BCUT2D eigenvalue weighted by Gasteiger charge is 2.26. The Bertz CT molecular complexity index is 603. The Labute approximate surface area is 162 Å². The maximum Gasteiger partial charge on any atom is 0.227 e. The second kappa shape index (κ2) is 12.2. The van der Waals surface area contributed by atoms with Crippen LogP contribution >= 0.6 is 0 Å². The van der Waals surface area contributed by atoms with Gasteiger partial charge < -0.3 is 25.4 Å². The summed E-state index contributed by atoms with van der Waals surface area (Å²) in [6.07, 6.45) is 0.840. The first kappa shape index (κ1) is 22.8. The summed E-state index contributed by atoms with van der Waals surface area (Å²) in [4.78, 5) is 16.7. The van der Waals surface area contributed by atoms with E-state index in [0.29, 0.717) is 32.3 Å². The Morgan fingerprint density at radius 2 is 1.89 bits per heavy atom. The second-order valence-electron chi connectivity index (χ2n) is 6.79. The van der Waals surface area contributed by atoms with Crippen LogP contribution in [0.2, 0.25) is 0 Å². The molecule has 0 heterocycles. The number of aliphatic imine (C=N–C) groups is 1. The molecule has 0 aliphatic heterocycles. The first-order valence-electron chi connectivity index (χ1n) is 9.48. The van der Waals surface area contributed by atoms with E-state index in [-0.39, 0.29) is 5.91 Å². The zero-order valence-electron chi connectivity index (χ0n) is 17.2. The predicted molar refractivity (Wildman–Crippen MR) is 110 cm³/mol. The van der Waals surface area contributed by atoms with Crippen molar-refractivity contribution in [2.45, 2.75) is 34.1 Å². The first-order valence-corrected chi connectivity index (χ1v) is 9.48. The molecule has 7 nitrogen and oxygen atoms in total. The topological polar surface area (TPSA) is 84.0 Å². The lowest BCUT2D eigenvalue weighted by atomic mass is 9.92. The highest BCUT2D eigenvalue weighted by Crippen LogP contribution is 2.18. The normalized spacial score (nSPS) is 11.8. The van der Waals surface area contributed by atoms with Crippen molar-refractivity contribution >= 4 is 17.6 Å². The average molecular weight is 379 g/mol. The standard InChI is InChI=1S/C20H34N4O3/c1-6-21-18(25)20(3,4)15-23-19(22-7-2)24-16-10-8-11-17(14-16)27-13-9-12-26-5/h8,10-11,14H,6-7,9,12-13,15H2,1-5H3,(H,21,25)(H2,22,23,24). The molecule has 0 radical (unpaired) electrons. The minimum absolute atomic E-state index is 0.00365. The lowest BCUT2D eigenvalue weighted by molar-refractivity contribution is -0.128. The van der Waals surface area contributed by atoms with Crippen LogP contribution < -0.4 is 20.7 Å². The number of benzene rings is 1. The lowest BCUT2D eigenvalue weighted by Gasteiger charge is -2.22. The molecule has 0 spiro atoms. The molecule has 1 amide bonds. The number of carbonyl (C=O) groups is 1. The maximum atomic E-state index is 12.1. The lowest BCUT2D eigenvalue weighted by Crippen LogP contribution is -2.40. The van der Waals surface area contributed by atoms with E-state index in [4.69, 9.17) is 9.47 Å². The van der Waals surface area contributed by atoms with Crippen molar-refractivity contribution in [2.75, 3.05) is 45.3 Å². The van der Waals surface area contributed by atoms with E-state index < -0.39 is 5.41 Å². The largest absolute Gasteiger partial charge is 0.493 e. The summed E-state index contributed by atoms with van der Waals surface area (Å²) < 4.78 is 10.8. The van der Waals surface area contributed by atoms with E-state index in [0.717, 1.165) is 24.4 Å². The Balaban J connectivity index is 2.74. The van der Waals surface area contributed by atoms with Crippen LogP contribution in [0.4, 0.5) is 5.69 Å². The number of rotatable bonds is 11. The third kappa shape index (κ3) is 8.77. The highest BCUT2D eigenvalue weighted by atomic mass is 16.5. The zero-order valence-corrected chi connectivity index (χ0v) is 17.2. The van der Waals surface area contributed by atoms with Crippen LogP contribution in [0, 0.1) is 5.41 Å². The molecule has 0 saturated heterocycles. The number of carbonyl (C=O) groups excluding carboxylic acids is 1. The van der Waals surface area contributed by atoms with E-state index in [1.165, 1.54) is 0 Å². The average Bonchev–Trinajstić information content (AvgIpc) is 2.64. The third-order valence-corrected chi connectivity index (χ3v) is 3.79. The smallest absolute Gasteiger partial charge is 0.227 e. The van der Waals surface area contributed by atoms with Crippen molar-refractivity contribution in [1.82, 2.24) is 10.6 Å². The number of amides is 1. The molecule has 152 valence electrons. The van der Waals surface area contributed by atoms with Crippen LogP contribution in [0.25, 0.3) is 0 Å². The van der Waals surface area contributed by atoms with Gasteiger partial charge in [0.2, 0.25) is 5.91 Å². The van der Waals surface area contributed by atoms with Gasteiger partial charge in [-0.05, 0) is 39.8 Å². The van der Waals surface area contributed by atoms with Crippen LogP contribution in [-0.4, -0.2) is 51.8 Å². The summed E-state index contributed by atoms with van der Waals surface area (Å²) in [6, 6.07) is 7.72. The molecule has 0 aliphatic rings. The molecule has 0 saturated carbocycles. The Hall–Kier alpha value is -2.28. The van der Waals surface area contributed by atoms with Gasteiger partial charge in [-0.2, -0.15) is 0 Å². The van der Waals surface area contributed by atoms with Crippen LogP contribution in [0.3, 0.4) is 0 Å². The molecule has 27 heavy (non-hydrogen) atoms. The summed E-state index contributed by atoms with van der Waals surface area (Å²) >= 11 is 0.